The average Bonchev–Trinajstić information content (AvgIpc) is 3.23. The van der Waals surface area contributed by atoms with Crippen LogP contribution in [-0.4, -0.2) is 37.7 Å². The van der Waals surface area contributed by atoms with Crippen LogP contribution < -0.4 is 19.5 Å². The summed E-state index contributed by atoms with van der Waals surface area (Å²) < 4.78 is 16.5. The van der Waals surface area contributed by atoms with Crippen molar-refractivity contribution in [2.75, 3.05) is 26.6 Å². The number of fused-ring (bicyclic) bond motifs is 1. The molecule has 0 fully saturated rings. The highest BCUT2D eigenvalue weighted by atomic mass is 32.1. The molecule has 31 heavy (non-hydrogen) atoms. The molecular weight excluding hydrogens is 414 g/mol. The molecule has 0 atom stereocenters. The number of pyridine rings is 1. The van der Waals surface area contributed by atoms with E-state index in [0.717, 1.165) is 32.0 Å². The number of carbonyl (C=O) groups excluding carboxylic acids is 1. The Hall–Kier alpha value is -3.65. The number of hydrogen-bond donors (Lipinski definition) is 1. The minimum Gasteiger partial charge on any atom is -0.493 e. The van der Waals surface area contributed by atoms with Gasteiger partial charge in [0.25, 0.3) is 0 Å². The number of benzene rings is 2. The number of amides is 1. The van der Waals surface area contributed by atoms with E-state index in [4.69, 9.17) is 14.2 Å². The molecule has 8 heteroatoms. The number of thiazole rings is 1. The number of nitrogens with one attached hydrogen (secondary N) is 1. The number of anilines is 1. The zero-order valence-corrected chi connectivity index (χ0v) is 18.5. The van der Waals surface area contributed by atoms with E-state index < -0.39 is 0 Å². The van der Waals surface area contributed by atoms with Crippen LogP contribution in [-0.2, 0) is 4.79 Å². The lowest BCUT2D eigenvalue weighted by molar-refractivity contribution is -0.105. The van der Waals surface area contributed by atoms with Crippen molar-refractivity contribution in [2.45, 2.75) is 6.92 Å². The Labute approximate surface area is 184 Å². The van der Waals surface area contributed by atoms with Crippen LogP contribution in [0.15, 0.2) is 54.9 Å². The SMILES string of the molecule is COc1cc(C)cc(OC)c1OC.O=CNc1cccc(-c2nc3ccncc3s2)c1. The van der Waals surface area contributed by atoms with Gasteiger partial charge in [0.15, 0.2) is 11.5 Å². The molecule has 0 radical (unpaired) electrons. The number of rotatable bonds is 6. The van der Waals surface area contributed by atoms with Crippen LogP contribution in [0.2, 0.25) is 0 Å². The van der Waals surface area contributed by atoms with Gasteiger partial charge in [0, 0.05) is 23.6 Å². The second kappa shape index (κ2) is 10.4. The first-order valence-corrected chi connectivity index (χ1v) is 10.2. The first-order valence-electron chi connectivity index (χ1n) is 9.37. The summed E-state index contributed by atoms with van der Waals surface area (Å²) in [5.74, 6) is 2.02. The highest BCUT2D eigenvalue weighted by Crippen LogP contribution is 2.37. The van der Waals surface area contributed by atoms with Gasteiger partial charge in [-0.15, -0.1) is 11.3 Å². The Morgan fingerprint density at radius 1 is 1.00 bits per heavy atom. The molecule has 2 aromatic carbocycles. The van der Waals surface area contributed by atoms with Gasteiger partial charge in [-0.25, -0.2) is 4.98 Å². The maximum Gasteiger partial charge on any atom is 0.211 e. The van der Waals surface area contributed by atoms with E-state index in [0.29, 0.717) is 23.7 Å². The summed E-state index contributed by atoms with van der Waals surface area (Å²) in [5, 5.41) is 3.56. The van der Waals surface area contributed by atoms with E-state index in [-0.39, 0.29) is 0 Å². The van der Waals surface area contributed by atoms with Gasteiger partial charge in [0.1, 0.15) is 5.01 Å². The Kier molecular flexibility index (Phi) is 7.40. The van der Waals surface area contributed by atoms with Gasteiger partial charge in [-0.1, -0.05) is 12.1 Å². The van der Waals surface area contributed by atoms with Crippen molar-refractivity contribution in [1.29, 1.82) is 0 Å². The molecule has 7 nitrogen and oxygen atoms in total. The smallest absolute Gasteiger partial charge is 0.211 e. The van der Waals surface area contributed by atoms with Crippen molar-refractivity contribution in [3.63, 3.8) is 0 Å². The number of nitrogens with zero attached hydrogens (tertiary/aromatic N) is 2. The molecule has 0 aliphatic carbocycles. The van der Waals surface area contributed by atoms with Gasteiger partial charge in [0.2, 0.25) is 12.2 Å². The van der Waals surface area contributed by atoms with E-state index in [1.807, 2.05) is 55.6 Å². The predicted octanol–water partition coefficient (Wildman–Crippen LogP) is 4.95. The van der Waals surface area contributed by atoms with Crippen LogP contribution in [0.4, 0.5) is 5.69 Å². The third-order valence-corrected chi connectivity index (χ3v) is 5.39. The lowest BCUT2D eigenvalue weighted by Gasteiger charge is -2.12. The summed E-state index contributed by atoms with van der Waals surface area (Å²) in [4.78, 5) is 19.1. The van der Waals surface area contributed by atoms with Crippen LogP contribution in [0.5, 0.6) is 17.2 Å². The molecule has 0 aliphatic heterocycles. The Bertz CT molecular complexity index is 1120. The molecular formula is C23H23N3O4S. The lowest BCUT2D eigenvalue weighted by atomic mass is 10.2. The van der Waals surface area contributed by atoms with Gasteiger partial charge in [0.05, 0.1) is 31.5 Å². The maximum atomic E-state index is 10.4. The molecule has 2 heterocycles. The molecule has 4 rings (SSSR count). The van der Waals surface area contributed by atoms with Crippen LogP contribution in [0.1, 0.15) is 5.56 Å². The number of hydrogen-bond acceptors (Lipinski definition) is 7. The van der Waals surface area contributed by atoms with E-state index in [2.05, 4.69) is 15.3 Å². The maximum absolute atomic E-state index is 10.4. The molecule has 0 saturated carbocycles. The van der Waals surface area contributed by atoms with Crippen LogP contribution in [0.3, 0.4) is 0 Å². The third-order valence-electron chi connectivity index (χ3n) is 4.34. The molecule has 4 aromatic rings. The normalized spacial score (nSPS) is 10.1. The topological polar surface area (TPSA) is 82.6 Å². The molecule has 0 spiro atoms. The van der Waals surface area contributed by atoms with Gasteiger partial charge >= 0.3 is 0 Å². The summed E-state index contributed by atoms with van der Waals surface area (Å²) in [5.41, 5.74) is 3.77. The molecule has 0 saturated heterocycles. The van der Waals surface area contributed by atoms with Crippen molar-refractivity contribution in [3.8, 4) is 27.8 Å². The van der Waals surface area contributed by atoms with E-state index in [1.165, 1.54) is 0 Å². The van der Waals surface area contributed by atoms with Crippen LogP contribution in [0, 0.1) is 6.92 Å². The summed E-state index contributed by atoms with van der Waals surface area (Å²) in [6.45, 7) is 1.98. The molecule has 0 aliphatic rings. The predicted molar refractivity (Wildman–Crippen MR) is 123 cm³/mol. The van der Waals surface area contributed by atoms with Crippen molar-refractivity contribution in [1.82, 2.24) is 9.97 Å². The molecule has 1 N–H and O–H groups in total. The molecule has 0 unspecified atom stereocenters. The minimum absolute atomic E-state index is 0.635. The van der Waals surface area contributed by atoms with E-state index in [9.17, 15) is 4.79 Å². The highest BCUT2D eigenvalue weighted by Gasteiger charge is 2.11. The van der Waals surface area contributed by atoms with E-state index in [1.54, 1.807) is 38.9 Å². The number of aryl methyl sites for hydroxylation is 1. The fraction of sp³-hybridized carbons (Fsp3) is 0.174. The zero-order valence-electron chi connectivity index (χ0n) is 17.7. The highest BCUT2D eigenvalue weighted by molar-refractivity contribution is 7.21. The fourth-order valence-corrected chi connectivity index (χ4v) is 3.85. The van der Waals surface area contributed by atoms with Crippen molar-refractivity contribution >= 4 is 33.7 Å². The minimum atomic E-state index is 0.635. The van der Waals surface area contributed by atoms with Gasteiger partial charge in [-0.2, -0.15) is 0 Å². The monoisotopic (exact) mass is 437 g/mol. The number of aromatic nitrogens is 2. The summed E-state index contributed by atoms with van der Waals surface area (Å²) in [7, 11) is 4.81. The molecule has 1 amide bonds. The second-order valence-corrected chi connectivity index (χ2v) is 7.44. The first-order chi connectivity index (χ1) is 15.1. The van der Waals surface area contributed by atoms with Crippen molar-refractivity contribution in [2.24, 2.45) is 0 Å². The Balaban J connectivity index is 0.000000187. The number of ether oxygens (including phenoxy) is 3. The quantitative estimate of drug-likeness (QED) is 0.430. The Morgan fingerprint density at radius 3 is 2.35 bits per heavy atom. The van der Waals surface area contributed by atoms with Gasteiger partial charge < -0.3 is 19.5 Å². The standard InChI is InChI=1S/C13H9N3OS.C10H14O3/c17-8-15-10-3-1-2-9(6-10)13-16-11-4-5-14-7-12(11)18-13;1-7-5-8(11-2)10(13-4)9(6-7)12-3/h1-8H,(H,15,17);5-6H,1-4H3. The number of methoxy groups -OCH3 is 3. The summed E-state index contributed by atoms with van der Waals surface area (Å²) in [6, 6.07) is 13.3. The van der Waals surface area contributed by atoms with Crippen molar-refractivity contribution in [3.05, 3.63) is 60.4 Å². The summed E-state index contributed by atoms with van der Waals surface area (Å²) >= 11 is 1.59. The second-order valence-electron chi connectivity index (χ2n) is 6.41. The molecule has 0 bridgehead atoms. The third kappa shape index (κ3) is 5.29. The first kappa shape index (κ1) is 22.0. The summed E-state index contributed by atoms with van der Waals surface area (Å²) in [6.07, 6.45) is 4.21. The van der Waals surface area contributed by atoms with Gasteiger partial charge in [-0.3, -0.25) is 9.78 Å². The zero-order chi connectivity index (χ0) is 22.2. The van der Waals surface area contributed by atoms with Crippen LogP contribution in [0.25, 0.3) is 20.8 Å². The largest absolute Gasteiger partial charge is 0.493 e. The van der Waals surface area contributed by atoms with Crippen LogP contribution >= 0.6 is 11.3 Å². The fourth-order valence-electron chi connectivity index (χ4n) is 2.93. The van der Waals surface area contributed by atoms with Gasteiger partial charge in [-0.05, 0) is 42.8 Å². The lowest BCUT2D eigenvalue weighted by Crippen LogP contribution is -1.95. The van der Waals surface area contributed by atoms with Crippen molar-refractivity contribution < 1.29 is 19.0 Å². The van der Waals surface area contributed by atoms with E-state index >= 15 is 0 Å². The Morgan fingerprint density at radius 2 is 1.74 bits per heavy atom. The molecule has 2 aromatic heterocycles. The average molecular weight is 438 g/mol. The molecule has 160 valence electrons. The number of carbonyl (C=O) groups is 1.